The Morgan fingerprint density at radius 2 is 1.71 bits per heavy atom. The maximum absolute atomic E-state index is 10.3. The first-order valence-electron chi connectivity index (χ1n) is 11.5. The lowest BCUT2D eigenvalue weighted by molar-refractivity contribution is 0.260. The predicted octanol–water partition coefficient (Wildman–Crippen LogP) is 6.03. The maximum Gasteiger partial charge on any atom is 0.122 e. The molecule has 164 valence electrons. The molecular formula is C27H33NO3. The van der Waals surface area contributed by atoms with Gasteiger partial charge in [-0.05, 0) is 88.7 Å². The molecule has 1 heterocycles. The number of aromatic nitrogens is 1. The highest BCUT2D eigenvalue weighted by atomic mass is 16.5. The number of hydrogen-bond acceptors (Lipinski definition) is 4. The molecule has 4 rings (SSSR count). The molecule has 0 saturated heterocycles. The molecule has 1 fully saturated rings. The number of hydrogen-bond donors (Lipinski definition) is 2. The van der Waals surface area contributed by atoms with Crippen molar-refractivity contribution in [3.05, 3.63) is 58.9 Å². The number of aryl methyl sites for hydroxylation is 1. The fourth-order valence-corrected chi connectivity index (χ4v) is 5.09. The number of ether oxygens (including phenoxy) is 1. The molecule has 1 saturated carbocycles. The van der Waals surface area contributed by atoms with Crippen molar-refractivity contribution < 1.29 is 14.9 Å². The van der Waals surface area contributed by atoms with E-state index in [1.54, 1.807) is 7.11 Å². The number of pyridine rings is 1. The summed E-state index contributed by atoms with van der Waals surface area (Å²) >= 11 is 0. The van der Waals surface area contributed by atoms with E-state index in [9.17, 15) is 10.2 Å². The molecule has 0 spiro atoms. The first-order valence-corrected chi connectivity index (χ1v) is 11.5. The number of methoxy groups -OCH3 is 1. The average molecular weight is 420 g/mol. The SMILES string of the molecule is COc1cc2c(-c3ccnc(C4CCCCCCC4)c3)c(CO)c(CO)cc2cc1C. The molecule has 4 heteroatoms. The largest absolute Gasteiger partial charge is 0.496 e. The summed E-state index contributed by atoms with van der Waals surface area (Å²) in [6, 6.07) is 10.3. The van der Waals surface area contributed by atoms with Crippen LogP contribution in [-0.4, -0.2) is 22.3 Å². The Hall–Kier alpha value is -2.43. The summed E-state index contributed by atoms with van der Waals surface area (Å²) in [5.74, 6) is 1.31. The number of aliphatic hydroxyl groups is 2. The monoisotopic (exact) mass is 419 g/mol. The summed E-state index contributed by atoms with van der Waals surface area (Å²) in [7, 11) is 1.68. The highest BCUT2D eigenvalue weighted by Crippen LogP contribution is 2.39. The van der Waals surface area contributed by atoms with Gasteiger partial charge in [0.2, 0.25) is 0 Å². The molecule has 1 aliphatic carbocycles. The van der Waals surface area contributed by atoms with Gasteiger partial charge in [-0.1, -0.05) is 32.1 Å². The van der Waals surface area contributed by atoms with Crippen LogP contribution in [0.2, 0.25) is 0 Å². The van der Waals surface area contributed by atoms with Gasteiger partial charge in [-0.3, -0.25) is 4.98 Å². The van der Waals surface area contributed by atoms with Crippen LogP contribution in [0.3, 0.4) is 0 Å². The molecular weight excluding hydrogens is 386 g/mol. The summed E-state index contributed by atoms with van der Waals surface area (Å²) < 4.78 is 5.59. The summed E-state index contributed by atoms with van der Waals surface area (Å²) in [6.07, 6.45) is 10.8. The number of nitrogens with zero attached hydrogens (tertiary/aromatic N) is 1. The number of rotatable bonds is 5. The van der Waals surface area contributed by atoms with Gasteiger partial charge in [0.25, 0.3) is 0 Å². The van der Waals surface area contributed by atoms with Crippen molar-refractivity contribution >= 4 is 10.8 Å². The molecule has 0 aliphatic heterocycles. The minimum atomic E-state index is -0.127. The van der Waals surface area contributed by atoms with Gasteiger partial charge in [-0.15, -0.1) is 0 Å². The van der Waals surface area contributed by atoms with Gasteiger partial charge in [0, 0.05) is 17.8 Å². The molecule has 0 bridgehead atoms. The smallest absolute Gasteiger partial charge is 0.122 e. The fourth-order valence-electron chi connectivity index (χ4n) is 5.09. The van der Waals surface area contributed by atoms with Crippen molar-refractivity contribution in [2.75, 3.05) is 7.11 Å². The second-order valence-electron chi connectivity index (χ2n) is 8.76. The van der Waals surface area contributed by atoms with E-state index in [-0.39, 0.29) is 13.2 Å². The lowest BCUT2D eigenvalue weighted by Crippen LogP contribution is -2.05. The normalized spacial score (nSPS) is 15.6. The summed E-state index contributed by atoms with van der Waals surface area (Å²) in [4.78, 5) is 4.75. The van der Waals surface area contributed by atoms with E-state index in [2.05, 4.69) is 18.2 Å². The zero-order valence-electron chi connectivity index (χ0n) is 18.7. The Labute approximate surface area is 184 Å². The van der Waals surface area contributed by atoms with Crippen LogP contribution in [0.4, 0.5) is 0 Å². The van der Waals surface area contributed by atoms with Crippen molar-refractivity contribution in [2.24, 2.45) is 0 Å². The maximum atomic E-state index is 10.3. The Balaban J connectivity index is 1.90. The van der Waals surface area contributed by atoms with Gasteiger partial charge in [0.05, 0.1) is 20.3 Å². The minimum Gasteiger partial charge on any atom is -0.496 e. The Morgan fingerprint density at radius 1 is 0.968 bits per heavy atom. The minimum absolute atomic E-state index is 0.107. The fraction of sp³-hybridized carbons (Fsp3) is 0.444. The lowest BCUT2D eigenvalue weighted by Gasteiger charge is -2.21. The molecule has 0 unspecified atom stereocenters. The van der Waals surface area contributed by atoms with Crippen LogP contribution in [-0.2, 0) is 13.2 Å². The van der Waals surface area contributed by atoms with Gasteiger partial charge >= 0.3 is 0 Å². The van der Waals surface area contributed by atoms with Gasteiger partial charge in [0.15, 0.2) is 0 Å². The van der Waals surface area contributed by atoms with E-state index in [4.69, 9.17) is 9.72 Å². The second kappa shape index (κ2) is 9.80. The number of aliphatic hydroxyl groups excluding tert-OH is 2. The lowest BCUT2D eigenvalue weighted by atomic mass is 9.86. The van der Waals surface area contributed by atoms with Crippen molar-refractivity contribution in [3.8, 4) is 16.9 Å². The second-order valence-corrected chi connectivity index (χ2v) is 8.76. The Morgan fingerprint density at radius 3 is 2.39 bits per heavy atom. The molecule has 0 atom stereocenters. The van der Waals surface area contributed by atoms with E-state index in [0.717, 1.165) is 50.0 Å². The molecule has 3 aromatic rings. The number of fused-ring (bicyclic) bond motifs is 1. The highest BCUT2D eigenvalue weighted by Gasteiger charge is 2.19. The van der Waals surface area contributed by atoms with Crippen molar-refractivity contribution in [1.29, 1.82) is 0 Å². The van der Waals surface area contributed by atoms with E-state index < -0.39 is 0 Å². The summed E-state index contributed by atoms with van der Waals surface area (Å²) in [5.41, 5.74) is 5.74. The average Bonchev–Trinajstić information content (AvgIpc) is 2.77. The topological polar surface area (TPSA) is 62.6 Å². The Bertz CT molecular complexity index is 1050. The molecule has 0 radical (unpaired) electrons. The zero-order chi connectivity index (χ0) is 21.8. The highest BCUT2D eigenvalue weighted by molar-refractivity contribution is 6.00. The zero-order valence-corrected chi connectivity index (χ0v) is 18.7. The molecule has 31 heavy (non-hydrogen) atoms. The van der Waals surface area contributed by atoms with E-state index in [0.29, 0.717) is 5.92 Å². The molecule has 4 nitrogen and oxygen atoms in total. The van der Waals surface area contributed by atoms with Crippen molar-refractivity contribution in [1.82, 2.24) is 4.98 Å². The quantitative estimate of drug-likeness (QED) is 0.530. The van der Waals surface area contributed by atoms with Gasteiger partial charge in [0.1, 0.15) is 5.75 Å². The molecule has 1 aliphatic rings. The van der Waals surface area contributed by atoms with Crippen LogP contribution < -0.4 is 4.74 Å². The standard InChI is InChI=1S/C27H33NO3/c1-18-12-21-13-22(16-29)24(17-30)27(23(21)15-26(18)31-2)20-10-11-28-25(14-20)19-8-6-4-3-5-7-9-19/h10-15,19,29-30H,3-9,16-17H2,1-2H3. The van der Waals surface area contributed by atoms with Gasteiger partial charge in [-0.2, -0.15) is 0 Å². The van der Waals surface area contributed by atoms with Gasteiger partial charge in [-0.25, -0.2) is 0 Å². The third-order valence-electron chi connectivity index (χ3n) is 6.78. The Kier molecular flexibility index (Phi) is 6.89. The van der Waals surface area contributed by atoms with E-state index >= 15 is 0 Å². The van der Waals surface area contributed by atoms with Crippen LogP contribution >= 0.6 is 0 Å². The first-order chi connectivity index (χ1) is 15.2. The third kappa shape index (κ3) is 4.46. The summed E-state index contributed by atoms with van der Waals surface area (Å²) in [5, 5.41) is 22.3. The van der Waals surface area contributed by atoms with E-state index in [1.807, 2.05) is 25.3 Å². The van der Waals surface area contributed by atoms with Crippen LogP contribution in [0, 0.1) is 6.92 Å². The van der Waals surface area contributed by atoms with E-state index in [1.165, 1.54) is 44.9 Å². The van der Waals surface area contributed by atoms with Crippen LogP contribution in [0.15, 0.2) is 36.5 Å². The molecule has 2 N–H and O–H groups in total. The summed E-state index contributed by atoms with van der Waals surface area (Å²) in [6.45, 7) is 1.79. The first kappa shape index (κ1) is 21.8. The molecule has 2 aromatic carbocycles. The molecule has 0 amide bonds. The predicted molar refractivity (Wildman–Crippen MR) is 125 cm³/mol. The van der Waals surface area contributed by atoms with Crippen molar-refractivity contribution in [2.45, 2.75) is 71.0 Å². The van der Waals surface area contributed by atoms with Crippen LogP contribution in [0.5, 0.6) is 5.75 Å². The third-order valence-corrected chi connectivity index (χ3v) is 6.78. The molecule has 1 aromatic heterocycles. The van der Waals surface area contributed by atoms with Crippen LogP contribution in [0.25, 0.3) is 21.9 Å². The van der Waals surface area contributed by atoms with Crippen molar-refractivity contribution in [3.63, 3.8) is 0 Å². The number of benzene rings is 2. The van der Waals surface area contributed by atoms with Crippen LogP contribution in [0.1, 0.15) is 73.2 Å². The van der Waals surface area contributed by atoms with Gasteiger partial charge < -0.3 is 14.9 Å².